The predicted molar refractivity (Wildman–Crippen MR) is 86.2 cm³/mol. The first-order valence-corrected chi connectivity index (χ1v) is 7.42. The second-order valence-corrected chi connectivity index (χ2v) is 5.49. The molecule has 0 unspecified atom stereocenters. The highest BCUT2D eigenvalue weighted by atomic mass is 35.5. The van der Waals surface area contributed by atoms with Gasteiger partial charge in [0.25, 0.3) is 5.91 Å². The molecule has 0 aromatic heterocycles. The van der Waals surface area contributed by atoms with Crippen LogP contribution in [0.5, 0.6) is 5.75 Å². The van der Waals surface area contributed by atoms with Gasteiger partial charge in [-0.05, 0) is 48.9 Å². The van der Waals surface area contributed by atoms with Gasteiger partial charge in [0, 0.05) is 15.7 Å². The van der Waals surface area contributed by atoms with E-state index in [9.17, 15) is 9.18 Å². The van der Waals surface area contributed by atoms with Crippen LogP contribution in [0.3, 0.4) is 0 Å². The zero-order valence-electron chi connectivity index (χ0n) is 11.8. The van der Waals surface area contributed by atoms with E-state index in [1.807, 2.05) is 6.92 Å². The molecule has 22 heavy (non-hydrogen) atoms. The minimum Gasteiger partial charge on any atom is -0.481 e. The van der Waals surface area contributed by atoms with E-state index in [0.29, 0.717) is 27.9 Å². The molecule has 0 spiro atoms. The van der Waals surface area contributed by atoms with Crippen molar-refractivity contribution in [2.24, 2.45) is 0 Å². The van der Waals surface area contributed by atoms with E-state index >= 15 is 0 Å². The number of carbonyl (C=O) groups is 1. The van der Waals surface area contributed by atoms with Crippen molar-refractivity contribution in [3.8, 4) is 5.75 Å². The summed E-state index contributed by atoms with van der Waals surface area (Å²) in [7, 11) is 0. The van der Waals surface area contributed by atoms with Gasteiger partial charge in [-0.3, -0.25) is 4.79 Å². The molecule has 0 aliphatic carbocycles. The van der Waals surface area contributed by atoms with Gasteiger partial charge in [0.15, 0.2) is 6.10 Å². The third-order valence-corrected chi connectivity index (χ3v) is 3.32. The van der Waals surface area contributed by atoms with E-state index in [-0.39, 0.29) is 11.7 Å². The number of carbonyl (C=O) groups excluding carboxylic acids is 1. The Balaban J connectivity index is 2.06. The monoisotopic (exact) mass is 341 g/mol. The largest absolute Gasteiger partial charge is 0.481 e. The van der Waals surface area contributed by atoms with Crippen LogP contribution < -0.4 is 10.1 Å². The Labute approximate surface area is 138 Å². The van der Waals surface area contributed by atoms with E-state index in [4.69, 9.17) is 27.9 Å². The zero-order chi connectivity index (χ0) is 16.1. The summed E-state index contributed by atoms with van der Waals surface area (Å²) in [4.78, 5) is 12.2. The maximum atomic E-state index is 12.9. The van der Waals surface area contributed by atoms with Crippen molar-refractivity contribution < 1.29 is 13.9 Å². The molecule has 2 rings (SSSR count). The lowest BCUT2D eigenvalue weighted by molar-refractivity contribution is -0.122. The minimum atomic E-state index is -0.705. The van der Waals surface area contributed by atoms with Crippen molar-refractivity contribution in [2.75, 3.05) is 5.32 Å². The fraction of sp³-hybridized carbons (Fsp3) is 0.188. The summed E-state index contributed by atoms with van der Waals surface area (Å²) in [6, 6.07) is 10.3. The summed E-state index contributed by atoms with van der Waals surface area (Å²) in [5.41, 5.74) is 0.489. The Hall–Kier alpha value is -1.78. The average Bonchev–Trinajstić information content (AvgIpc) is 2.45. The van der Waals surface area contributed by atoms with Crippen molar-refractivity contribution in [3.63, 3.8) is 0 Å². The maximum Gasteiger partial charge on any atom is 0.265 e. The zero-order valence-corrected chi connectivity index (χ0v) is 13.3. The molecule has 0 bridgehead atoms. The van der Waals surface area contributed by atoms with Gasteiger partial charge in [0.2, 0.25) is 0 Å². The first-order valence-electron chi connectivity index (χ1n) is 6.67. The number of ether oxygens (including phenoxy) is 1. The maximum absolute atomic E-state index is 12.9. The fourth-order valence-corrected chi connectivity index (χ4v) is 2.37. The number of amides is 1. The van der Waals surface area contributed by atoms with E-state index < -0.39 is 6.10 Å². The molecular formula is C16H14Cl2FNO2. The second-order valence-electron chi connectivity index (χ2n) is 4.62. The third kappa shape index (κ3) is 4.61. The number of hydrogen-bond acceptors (Lipinski definition) is 2. The van der Waals surface area contributed by atoms with Crippen LogP contribution in [-0.2, 0) is 4.79 Å². The highest BCUT2D eigenvalue weighted by Gasteiger charge is 2.19. The van der Waals surface area contributed by atoms with Gasteiger partial charge >= 0.3 is 0 Å². The molecule has 0 heterocycles. The minimum absolute atomic E-state index is 0.329. The van der Waals surface area contributed by atoms with E-state index in [0.717, 1.165) is 0 Å². The lowest BCUT2D eigenvalue weighted by atomic mass is 10.2. The van der Waals surface area contributed by atoms with E-state index in [1.54, 1.807) is 18.2 Å². The van der Waals surface area contributed by atoms with Gasteiger partial charge < -0.3 is 10.1 Å². The molecule has 6 heteroatoms. The Morgan fingerprint density at radius 2 is 1.77 bits per heavy atom. The molecule has 0 saturated heterocycles. The van der Waals surface area contributed by atoms with Gasteiger partial charge in [-0.25, -0.2) is 4.39 Å². The molecule has 1 N–H and O–H groups in total. The first-order chi connectivity index (χ1) is 10.5. The first kappa shape index (κ1) is 16.6. The Bertz CT molecular complexity index is 641. The van der Waals surface area contributed by atoms with Gasteiger partial charge in [0.05, 0.1) is 0 Å². The number of benzene rings is 2. The third-order valence-electron chi connectivity index (χ3n) is 2.89. The summed E-state index contributed by atoms with van der Waals surface area (Å²) in [5, 5.41) is 3.55. The Morgan fingerprint density at radius 1 is 1.18 bits per heavy atom. The smallest absolute Gasteiger partial charge is 0.265 e. The van der Waals surface area contributed by atoms with Crippen LogP contribution in [-0.4, -0.2) is 12.0 Å². The van der Waals surface area contributed by atoms with Crippen molar-refractivity contribution in [1.82, 2.24) is 0 Å². The molecule has 0 aliphatic rings. The number of anilines is 1. The fourth-order valence-electron chi connectivity index (χ4n) is 1.85. The van der Waals surface area contributed by atoms with E-state index in [2.05, 4.69) is 5.32 Å². The molecule has 2 aromatic rings. The van der Waals surface area contributed by atoms with Crippen molar-refractivity contribution >= 4 is 34.8 Å². The van der Waals surface area contributed by atoms with Gasteiger partial charge in [-0.2, -0.15) is 0 Å². The number of hydrogen-bond donors (Lipinski definition) is 1. The standard InChI is InChI=1S/C16H14Cl2FNO2/c1-2-15(22-14-5-3-12(19)4-6-14)16(21)20-13-8-10(17)7-11(18)9-13/h3-9,15H,2H2,1H3,(H,20,21)/t15-/m0/s1. The topological polar surface area (TPSA) is 38.3 Å². The molecule has 1 amide bonds. The van der Waals surface area contributed by atoms with Crippen molar-refractivity contribution in [1.29, 1.82) is 0 Å². The van der Waals surface area contributed by atoms with Crippen LogP contribution in [0.15, 0.2) is 42.5 Å². The van der Waals surface area contributed by atoms with Gasteiger partial charge in [-0.1, -0.05) is 30.1 Å². The van der Waals surface area contributed by atoms with Crippen LogP contribution in [0.25, 0.3) is 0 Å². The van der Waals surface area contributed by atoms with Crippen molar-refractivity contribution in [2.45, 2.75) is 19.4 Å². The van der Waals surface area contributed by atoms with Crippen LogP contribution in [0.4, 0.5) is 10.1 Å². The quantitative estimate of drug-likeness (QED) is 0.837. The summed E-state index contributed by atoms with van der Waals surface area (Å²) < 4.78 is 18.4. The van der Waals surface area contributed by atoms with Crippen LogP contribution in [0.2, 0.25) is 10.0 Å². The Kier molecular flexibility index (Phi) is 5.63. The lowest BCUT2D eigenvalue weighted by Crippen LogP contribution is -2.32. The van der Waals surface area contributed by atoms with Crippen LogP contribution >= 0.6 is 23.2 Å². The normalized spacial score (nSPS) is 11.8. The molecular weight excluding hydrogens is 328 g/mol. The van der Waals surface area contributed by atoms with Crippen LogP contribution in [0, 0.1) is 5.82 Å². The SMILES string of the molecule is CC[C@H](Oc1ccc(F)cc1)C(=O)Nc1cc(Cl)cc(Cl)c1. The molecule has 0 fully saturated rings. The summed E-state index contributed by atoms with van der Waals surface area (Å²) in [5.74, 6) is -0.267. The summed E-state index contributed by atoms with van der Waals surface area (Å²) in [6.45, 7) is 1.82. The number of rotatable bonds is 5. The molecule has 3 nitrogen and oxygen atoms in total. The summed E-state index contributed by atoms with van der Waals surface area (Å²) >= 11 is 11.8. The van der Waals surface area contributed by atoms with Gasteiger partial charge in [-0.15, -0.1) is 0 Å². The van der Waals surface area contributed by atoms with Gasteiger partial charge in [0.1, 0.15) is 11.6 Å². The molecule has 0 aliphatic heterocycles. The molecule has 116 valence electrons. The molecule has 0 saturated carbocycles. The average molecular weight is 342 g/mol. The molecule has 1 atom stereocenters. The number of nitrogens with one attached hydrogen (secondary N) is 1. The summed E-state index contributed by atoms with van der Waals surface area (Å²) in [6.07, 6.45) is -0.249. The highest BCUT2D eigenvalue weighted by molar-refractivity contribution is 6.35. The predicted octanol–water partition coefficient (Wildman–Crippen LogP) is 4.93. The second kappa shape index (κ2) is 7.47. The van der Waals surface area contributed by atoms with E-state index in [1.165, 1.54) is 24.3 Å². The molecule has 0 radical (unpaired) electrons. The number of halogens is 3. The highest BCUT2D eigenvalue weighted by Crippen LogP contribution is 2.23. The van der Waals surface area contributed by atoms with Crippen LogP contribution in [0.1, 0.15) is 13.3 Å². The lowest BCUT2D eigenvalue weighted by Gasteiger charge is -2.17. The Morgan fingerprint density at radius 3 is 2.32 bits per heavy atom. The molecule has 2 aromatic carbocycles. The van der Waals surface area contributed by atoms with Crippen molar-refractivity contribution in [3.05, 3.63) is 58.3 Å².